The number of hydrogen-bond donors (Lipinski definition) is 2. The number of anilines is 1. The number of carbonyl (C=O) groups is 2. The normalized spacial score (nSPS) is 10.9. The second-order valence-corrected chi connectivity index (χ2v) is 3.79. The summed E-state index contributed by atoms with van der Waals surface area (Å²) in [5, 5.41) is 11.8. The molecule has 0 saturated carbocycles. The second kappa shape index (κ2) is 5.43. The van der Waals surface area contributed by atoms with E-state index in [0.29, 0.717) is 5.69 Å². The highest BCUT2D eigenvalue weighted by atomic mass is 16.4. The van der Waals surface area contributed by atoms with E-state index in [4.69, 9.17) is 0 Å². The molecule has 0 spiro atoms. The van der Waals surface area contributed by atoms with Gasteiger partial charge in [0.25, 0.3) is 0 Å². The van der Waals surface area contributed by atoms with Crippen molar-refractivity contribution in [2.24, 2.45) is 5.41 Å². The first-order chi connectivity index (χ1) is 8.06. The fourth-order valence-corrected chi connectivity index (χ4v) is 1.66. The SMILES string of the molecule is CCC(CC)(C(=O)O)C(=O)Nc1cccnc1. The topological polar surface area (TPSA) is 79.3 Å². The minimum atomic E-state index is -1.37. The molecule has 1 amide bonds. The van der Waals surface area contributed by atoms with Gasteiger partial charge in [0.1, 0.15) is 5.41 Å². The molecule has 1 rings (SSSR count). The van der Waals surface area contributed by atoms with E-state index in [1.807, 2.05) is 0 Å². The molecule has 1 aromatic heterocycles. The van der Waals surface area contributed by atoms with E-state index < -0.39 is 17.3 Å². The Labute approximate surface area is 99.9 Å². The quantitative estimate of drug-likeness (QED) is 0.765. The van der Waals surface area contributed by atoms with Crippen molar-refractivity contribution in [2.45, 2.75) is 26.7 Å². The van der Waals surface area contributed by atoms with Gasteiger partial charge >= 0.3 is 5.97 Å². The zero-order chi connectivity index (χ0) is 12.9. The Morgan fingerprint density at radius 1 is 1.41 bits per heavy atom. The lowest BCUT2D eigenvalue weighted by Gasteiger charge is -2.25. The van der Waals surface area contributed by atoms with Gasteiger partial charge in [0.15, 0.2) is 0 Å². The molecule has 0 radical (unpaired) electrons. The van der Waals surface area contributed by atoms with Crippen molar-refractivity contribution in [1.82, 2.24) is 4.98 Å². The summed E-state index contributed by atoms with van der Waals surface area (Å²) < 4.78 is 0. The molecule has 0 aliphatic carbocycles. The summed E-state index contributed by atoms with van der Waals surface area (Å²) in [4.78, 5) is 27.1. The molecular weight excluding hydrogens is 220 g/mol. The Morgan fingerprint density at radius 3 is 2.47 bits per heavy atom. The number of pyridine rings is 1. The van der Waals surface area contributed by atoms with Crippen LogP contribution in [0.3, 0.4) is 0 Å². The van der Waals surface area contributed by atoms with Crippen LogP contribution >= 0.6 is 0 Å². The smallest absolute Gasteiger partial charge is 0.319 e. The highest BCUT2D eigenvalue weighted by Gasteiger charge is 2.42. The molecule has 0 unspecified atom stereocenters. The van der Waals surface area contributed by atoms with Gasteiger partial charge < -0.3 is 10.4 Å². The molecule has 2 N–H and O–H groups in total. The molecule has 5 nitrogen and oxygen atoms in total. The van der Waals surface area contributed by atoms with Crippen LogP contribution in [-0.4, -0.2) is 22.0 Å². The number of amides is 1. The number of aliphatic carboxylic acids is 1. The first kappa shape index (κ1) is 13.2. The van der Waals surface area contributed by atoms with Crippen LogP contribution in [0.5, 0.6) is 0 Å². The van der Waals surface area contributed by atoms with E-state index in [-0.39, 0.29) is 12.8 Å². The number of carboxylic acids is 1. The van der Waals surface area contributed by atoms with E-state index in [1.54, 1.807) is 32.2 Å². The number of carbonyl (C=O) groups excluding carboxylic acids is 1. The van der Waals surface area contributed by atoms with Gasteiger partial charge in [-0.1, -0.05) is 13.8 Å². The number of nitrogens with one attached hydrogen (secondary N) is 1. The van der Waals surface area contributed by atoms with Crippen molar-refractivity contribution < 1.29 is 14.7 Å². The lowest BCUT2D eigenvalue weighted by Crippen LogP contribution is -2.42. The third-order valence-corrected chi connectivity index (χ3v) is 2.97. The maximum atomic E-state index is 12.0. The molecule has 0 aromatic carbocycles. The standard InChI is InChI=1S/C12H16N2O3/c1-3-12(4-2,11(16)17)10(15)14-9-6-5-7-13-8-9/h5-8H,3-4H2,1-2H3,(H,14,15)(H,16,17). The van der Waals surface area contributed by atoms with Crippen LogP contribution in [0.25, 0.3) is 0 Å². The molecule has 0 saturated heterocycles. The summed E-state index contributed by atoms with van der Waals surface area (Å²) in [6, 6.07) is 3.35. The third-order valence-electron chi connectivity index (χ3n) is 2.97. The lowest BCUT2D eigenvalue weighted by molar-refractivity contribution is -0.154. The molecule has 17 heavy (non-hydrogen) atoms. The molecule has 1 heterocycles. The van der Waals surface area contributed by atoms with Gasteiger partial charge in [-0.15, -0.1) is 0 Å². The molecule has 0 atom stereocenters. The molecule has 0 fully saturated rings. The number of aromatic nitrogens is 1. The molecule has 0 aliphatic heterocycles. The van der Waals surface area contributed by atoms with E-state index in [0.717, 1.165) is 0 Å². The maximum Gasteiger partial charge on any atom is 0.319 e. The molecule has 92 valence electrons. The second-order valence-electron chi connectivity index (χ2n) is 3.79. The van der Waals surface area contributed by atoms with Gasteiger partial charge in [-0.05, 0) is 25.0 Å². The molecule has 1 aromatic rings. The zero-order valence-corrected chi connectivity index (χ0v) is 9.93. The first-order valence-corrected chi connectivity index (χ1v) is 5.51. The Kier molecular flexibility index (Phi) is 4.20. The lowest BCUT2D eigenvalue weighted by atomic mass is 9.81. The summed E-state index contributed by atoms with van der Waals surface area (Å²) in [7, 11) is 0. The van der Waals surface area contributed by atoms with Gasteiger partial charge in [0, 0.05) is 6.20 Å². The fourth-order valence-electron chi connectivity index (χ4n) is 1.66. The van der Waals surface area contributed by atoms with Gasteiger partial charge in [-0.3, -0.25) is 14.6 Å². The number of carboxylic acid groups (broad SMARTS) is 1. The van der Waals surface area contributed by atoms with E-state index in [1.165, 1.54) is 6.20 Å². The minimum absolute atomic E-state index is 0.255. The average Bonchev–Trinajstić information content (AvgIpc) is 2.32. The Hall–Kier alpha value is -1.91. The highest BCUT2D eigenvalue weighted by Crippen LogP contribution is 2.28. The fraction of sp³-hybridized carbons (Fsp3) is 0.417. The number of nitrogens with zero attached hydrogens (tertiary/aromatic N) is 1. The summed E-state index contributed by atoms with van der Waals surface area (Å²) in [5.41, 5.74) is -0.861. The maximum absolute atomic E-state index is 12.0. The molecule has 5 heteroatoms. The van der Waals surface area contributed by atoms with Crippen LogP contribution in [0.15, 0.2) is 24.5 Å². The first-order valence-electron chi connectivity index (χ1n) is 5.51. The van der Waals surface area contributed by atoms with Crippen molar-refractivity contribution in [3.8, 4) is 0 Å². The Balaban J connectivity index is 2.91. The molecule has 0 bridgehead atoms. The van der Waals surface area contributed by atoms with E-state index in [9.17, 15) is 14.7 Å². The Morgan fingerprint density at radius 2 is 2.06 bits per heavy atom. The predicted molar refractivity (Wildman–Crippen MR) is 63.5 cm³/mol. The van der Waals surface area contributed by atoms with Crippen molar-refractivity contribution in [1.29, 1.82) is 0 Å². The average molecular weight is 236 g/mol. The van der Waals surface area contributed by atoms with Crippen LogP contribution in [-0.2, 0) is 9.59 Å². The third kappa shape index (κ3) is 2.61. The van der Waals surface area contributed by atoms with Crippen molar-refractivity contribution >= 4 is 17.6 Å². The predicted octanol–water partition coefficient (Wildman–Crippen LogP) is 1.91. The highest BCUT2D eigenvalue weighted by molar-refractivity contribution is 6.08. The van der Waals surface area contributed by atoms with Crippen molar-refractivity contribution in [2.75, 3.05) is 5.32 Å². The van der Waals surface area contributed by atoms with Crippen molar-refractivity contribution in [3.05, 3.63) is 24.5 Å². The summed E-state index contributed by atoms with van der Waals surface area (Å²) in [6.07, 6.45) is 3.57. The van der Waals surface area contributed by atoms with Gasteiger partial charge in [0.05, 0.1) is 11.9 Å². The molecule has 0 aliphatic rings. The monoisotopic (exact) mass is 236 g/mol. The van der Waals surface area contributed by atoms with Crippen LogP contribution in [0.2, 0.25) is 0 Å². The summed E-state index contributed by atoms with van der Waals surface area (Å²) in [5.74, 6) is -1.59. The Bertz CT molecular complexity index is 399. The van der Waals surface area contributed by atoms with Crippen LogP contribution in [0.1, 0.15) is 26.7 Å². The van der Waals surface area contributed by atoms with Gasteiger partial charge in [-0.2, -0.15) is 0 Å². The van der Waals surface area contributed by atoms with E-state index >= 15 is 0 Å². The zero-order valence-electron chi connectivity index (χ0n) is 9.93. The van der Waals surface area contributed by atoms with E-state index in [2.05, 4.69) is 10.3 Å². The minimum Gasteiger partial charge on any atom is -0.480 e. The van der Waals surface area contributed by atoms with Crippen LogP contribution < -0.4 is 5.32 Å². The largest absolute Gasteiger partial charge is 0.480 e. The van der Waals surface area contributed by atoms with Crippen LogP contribution in [0, 0.1) is 5.41 Å². The number of hydrogen-bond acceptors (Lipinski definition) is 3. The van der Waals surface area contributed by atoms with Crippen molar-refractivity contribution in [3.63, 3.8) is 0 Å². The molecular formula is C12H16N2O3. The number of rotatable bonds is 5. The van der Waals surface area contributed by atoms with Crippen LogP contribution in [0.4, 0.5) is 5.69 Å². The van der Waals surface area contributed by atoms with Gasteiger partial charge in [0.2, 0.25) is 5.91 Å². The summed E-state index contributed by atoms with van der Waals surface area (Å²) in [6.45, 7) is 3.39. The summed E-state index contributed by atoms with van der Waals surface area (Å²) >= 11 is 0. The van der Waals surface area contributed by atoms with Gasteiger partial charge in [-0.25, -0.2) is 0 Å².